The van der Waals surface area contributed by atoms with Crippen molar-refractivity contribution in [1.82, 2.24) is 10.3 Å². The third-order valence-corrected chi connectivity index (χ3v) is 8.55. The van der Waals surface area contributed by atoms with E-state index in [9.17, 15) is 17.6 Å². The number of halogens is 2. The van der Waals surface area contributed by atoms with Gasteiger partial charge in [0.1, 0.15) is 22.3 Å². The highest BCUT2D eigenvalue weighted by molar-refractivity contribution is 7.92. The molecule has 0 saturated heterocycles. The first-order valence-corrected chi connectivity index (χ1v) is 15.6. The molecule has 0 bridgehead atoms. The highest BCUT2D eigenvalue weighted by atomic mass is 35.5. The molecule has 1 amide bonds. The molecule has 0 spiro atoms. The second-order valence-electron chi connectivity index (χ2n) is 9.92. The van der Waals surface area contributed by atoms with Crippen molar-refractivity contribution in [1.29, 1.82) is 0 Å². The Bertz CT molecular complexity index is 1890. The third kappa shape index (κ3) is 6.56. The van der Waals surface area contributed by atoms with Crippen molar-refractivity contribution in [3.8, 4) is 22.6 Å². The molecule has 2 aromatic heterocycles. The molecule has 0 atom stereocenters. The standard InChI is InChI=1S/C32H29ClFN3O5S/c1-35-32(38)29-25-17-24(26-14-11-22(31(33)36-26)15-16-41-19-20-7-5-4-6-8-20)27(37(2)43(3,39)40)18-28(25)42-30(29)21-9-12-23(34)13-10-21/h4-14,17-18H,15-16,19H2,1-3H3,(H,35,38). The van der Waals surface area contributed by atoms with E-state index in [2.05, 4.69) is 10.3 Å². The predicted molar refractivity (Wildman–Crippen MR) is 166 cm³/mol. The van der Waals surface area contributed by atoms with E-state index in [-0.39, 0.29) is 27.7 Å². The van der Waals surface area contributed by atoms with Crippen LogP contribution in [0.2, 0.25) is 5.15 Å². The van der Waals surface area contributed by atoms with Crippen molar-refractivity contribution in [2.45, 2.75) is 13.0 Å². The summed E-state index contributed by atoms with van der Waals surface area (Å²) in [6.45, 7) is 0.907. The Morgan fingerprint density at radius 1 is 1.07 bits per heavy atom. The van der Waals surface area contributed by atoms with Crippen molar-refractivity contribution < 1.29 is 26.8 Å². The van der Waals surface area contributed by atoms with Crippen LogP contribution in [-0.4, -0.2) is 46.3 Å². The summed E-state index contributed by atoms with van der Waals surface area (Å²) in [6, 6.07) is 22.2. The summed E-state index contributed by atoms with van der Waals surface area (Å²) in [4.78, 5) is 17.7. The zero-order chi connectivity index (χ0) is 30.7. The fraction of sp³-hybridized carbons (Fsp3) is 0.188. The van der Waals surface area contributed by atoms with Gasteiger partial charge in [0, 0.05) is 36.7 Å². The van der Waals surface area contributed by atoms with Gasteiger partial charge in [-0.25, -0.2) is 17.8 Å². The van der Waals surface area contributed by atoms with Gasteiger partial charge in [-0.05, 0) is 53.9 Å². The van der Waals surface area contributed by atoms with E-state index in [1.165, 1.54) is 38.4 Å². The van der Waals surface area contributed by atoms with Gasteiger partial charge in [0.05, 0.1) is 36.4 Å². The molecule has 5 aromatic rings. The number of hydrogen-bond donors (Lipinski definition) is 1. The SMILES string of the molecule is CNC(=O)c1c(-c2ccc(F)cc2)oc2cc(N(C)S(C)(=O)=O)c(-c3ccc(CCOCc4ccccc4)c(Cl)n3)cc12. The Balaban J connectivity index is 1.56. The number of benzene rings is 3. The fourth-order valence-corrected chi connectivity index (χ4v) is 5.43. The van der Waals surface area contributed by atoms with Crippen molar-refractivity contribution in [2.75, 3.05) is 31.3 Å². The monoisotopic (exact) mass is 621 g/mol. The van der Waals surface area contributed by atoms with Crippen LogP contribution in [0.25, 0.3) is 33.6 Å². The van der Waals surface area contributed by atoms with Gasteiger partial charge in [-0.1, -0.05) is 48.0 Å². The number of carbonyl (C=O) groups excluding carboxylic acids is 1. The van der Waals surface area contributed by atoms with Crippen LogP contribution in [0.4, 0.5) is 10.1 Å². The minimum atomic E-state index is -3.70. The molecule has 1 N–H and O–H groups in total. The number of carbonyl (C=O) groups is 1. The van der Waals surface area contributed by atoms with Gasteiger partial charge in [0.15, 0.2) is 0 Å². The van der Waals surface area contributed by atoms with Crippen LogP contribution in [0, 0.1) is 5.82 Å². The van der Waals surface area contributed by atoms with Crippen LogP contribution in [0.5, 0.6) is 0 Å². The van der Waals surface area contributed by atoms with Gasteiger partial charge in [-0.3, -0.25) is 9.10 Å². The summed E-state index contributed by atoms with van der Waals surface area (Å²) in [7, 11) is -0.787. The molecule has 0 aliphatic rings. The molecule has 222 valence electrons. The lowest BCUT2D eigenvalue weighted by atomic mass is 10.0. The van der Waals surface area contributed by atoms with Gasteiger partial charge in [0.25, 0.3) is 5.91 Å². The van der Waals surface area contributed by atoms with E-state index in [1.54, 1.807) is 18.2 Å². The number of furan rings is 1. The summed E-state index contributed by atoms with van der Waals surface area (Å²) < 4.78 is 51.9. The zero-order valence-electron chi connectivity index (χ0n) is 23.7. The van der Waals surface area contributed by atoms with Crippen molar-refractivity contribution in [3.63, 3.8) is 0 Å². The molecule has 8 nitrogen and oxygen atoms in total. The lowest BCUT2D eigenvalue weighted by molar-refractivity contribution is 0.0964. The number of aromatic nitrogens is 1. The maximum atomic E-state index is 13.6. The first kappa shape index (κ1) is 30.2. The lowest BCUT2D eigenvalue weighted by Gasteiger charge is -2.20. The van der Waals surface area contributed by atoms with Gasteiger partial charge in [0.2, 0.25) is 10.0 Å². The minimum Gasteiger partial charge on any atom is -0.455 e. The van der Waals surface area contributed by atoms with E-state index in [1.807, 2.05) is 36.4 Å². The number of nitrogens with zero attached hydrogens (tertiary/aromatic N) is 2. The molecular formula is C32H29ClFN3O5S. The van der Waals surface area contributed by atoms with Gasteiger partial charge in [-0.15, -0.1) is 0 Å². The van der Waals surface area contributed by atoms with Crippen molar-refractivity contribution >= 4 is 44.2 Å². The van der Waals surface area contributed by atoms with E-state index in [0.717, 1.165) is 21.7 Å². The van der Waals surface area contributed by atoms with Crippen LogP contribution in [0.1, 0.15) is 21.5 Å². The number of pyridine rings is 1. The average Bonchev–Trinajstić information content (AvgIpc) is 3.37. The fourth-order valence-electron chi connectivity index (χ4n) is 4.68. The Kier molecular flexibility index (Phi) is 8.82. The third-order valence-electron chi connectivity index (χ3n) is 7.03. The minimum absolute atomic E-state index is 0.219. The number of rotatable bonds is 10. The lowest BCUT2D eigenvalue weighted by Crippen LogP contribution is -2.25. The molecule has 5 rings (SSSR count). The zero-order valence-corrected chi connectivity index (χ0v) is 25.3. The van der Waals surface area contributed by atoms with Crippen LogP contribution in [0.3, 0.4) is 0 Å². The molecule has 2 heterocycles. The Hall–Kier alpha value is -4.25. The van der Waals surface area contributed by atoms with Gasteiger partial charge in [-0.2, -0.15) is 0 Å². The summed E-state index contributed by atoms with van der Waals surface area (Å²) in [6.07, 6.45) is 1.61. The van der Waals surface area contributed by atoms with E-state index >= 15 is 0 Å². The van der Waals surface area contributed by atoms with Gasteiger partial charge < -0.3 is 14.5 Å². The summed E-state index contributed by atoms with van der Waals surface area (Å²) in [5.41, 5.74) is 3.91. The maximum Gasteiger partial charge on any atom is 0.255 e. The Morgan fingerprint density at radius 3 is 2.44 bits per heavy atom. The molecule has 0 saturated carbocycles. The molecular weight excluding hydrogens is 593 g/mol. The number of hydrogen-bond acceptors (Lipinski definition) is 6. The maximum absolute atomic E-state index is 13.6. The largest absolute Gasteiger partial charge is 0.455 e. The molecule has 3 aromatic carbocycles. The van der Waals surface area contributed by atoms with Crippen LogP contribution < -0.4 is 9.62 Å². The van der Waals surface area contributed by atoms with Crippen LogP contribution in [-0.2, 0) is 27.8 Å². The number of ether oxygens (including phenoxy) is 1. The van der Waals surface area contributed by atoms with Crippen molar-refractivity contribution in [3.05, 3.63) is 107 Å². The number of fused-ring (bicyclic) bond motifs is 1. The predicted octanol–water partition coefficient (Wildman–Crippen LogP) is 6.47. The Labute approximate surface area is 254 Å². The highest BCUT2D eigenvalue weighted by Gasteiger charge is 2.26. The number of amides is 1. The van der Waals surface area contributed by atoms with Crippen LogP contribution in [0.15, 0.2) is 83.3 Å². The first-order chi connectivity index (χ1) is 20.6. The van der Waals surface area contributed by atoms with Crippen molar-refractivity contribution in [2.24, 2.45) is 0 Å². The topological polar surface area (TPSA) is 102 Å². The number of anilines is 1. The van der Waals surface area contributed by atoms with Crippen LogP contribution >= 0.6 is 11.6 Å². The van der Waals surface area contributed by atoms with E-state index in [0.29, 0.717) is 41.8 Å². The quantitative estimate of drug-likeness (QED) is 0.142. The summed E-state index contributed by atoms with van der Waals surface area (Å²) in [5, 5.41) is 3.30. The number of sulfonamides is 1. The molecule has 0 radical (unpaired) electrons. The molecule has 0 aliphatic carbocycles. The molecule has 43 heavy (non-hydrogen) atoms. The second kappa shape index (κ2) is 12.5. The van der Waals surface area contributed by atoms with E-state index < -0.39 is 21.7 Å². The summed E-state index contributed by atoms with van der Waals surface area (Å²) in [5.74, 6) is -0.642. The van der Waals surface area contributed by atoms with E-state index in [4.69, 9.17) is 20.8 Å². The molecule has 0 fully saturated rings. The first-order valence-electron chi connectivity index (χ1n) is 13.4. The normalized spacial score (nSPS) is 11.6. The molecule has 11 heteroatoms. The highest BCUT2D eigenvalue weighted by Crippen LogP contribution is 2.41. The Morgan fingerprint density at radius 2 is 1.79 bits per heavy atom. The summed E-state index contributed by atoms with van der Waals surface area (Å²) >= 11 is 6.60. The average molecular weight is 622 g/mol. The molecule has 0 unspecified atom stereocenters. The number of nitrogens with one attached hydrogen (secondary N) is 1. The molecule has 0 aliphatic heterocycles. The van der Waals surface area contributed by atoms with Gasteiger partial charge >= 0.3 is 0 Å². The smallest absolute Gasteiger partial charge is 0.255 e. The second-order valence-corrected chi connectivity index (χ2v) is 12.3.